The maximum absolute atomic E-state index is 15.4. The zero-order valence-electron chi connectivity index (χ0n) is 38.3. The highest BCUT2D eigenvalue weighted by Crippen LogP contribution is 2.39. The summed E-state index contributed by atoms with van der Waals surface area (Å²) in [5.74, 6) is 0.798. The van der Waals surface area contributed by atoms with Gasteiger partial charge >= 0.3 is 0 Å². The second-order valence-corrected chi connectivity index (χ2v) is 19.5. The van der Waals surface area contributed by atoms with Crippen LogP contribution in [0.25, 0.3) is 28.0 Å². The first kappa shape index (κ1) is 44.4. The fourth-order valence-corrected chi connectivity index (χ4v) is 10.9. The van der Waals surface area contributed by atoms with E-state index < -0.39 is 0 Å². The summed E-state index contributed by atoms with van der Waals surface area (Å²) < 4.78 is 19.2. The van der Waals surface area contributed by atoms with Gasteiger partial charge in [-0.2, -0.15) is 15.5 Å². The van der Waals surface area contributed by atoms with Crippen LogP contribution < -0.4 is 25.8 Å². The maximum Gasteiger partial charge on any atom is 0.228 e. The molecule has 3 aliphatic heterocycles. The molecule has 16 nitrogen and oxygen atoms in total. The lowest BCUT2D eigenvalue weighted by Gasteiger charge is -2.42. The lowest BCUT2D eigenvalue weighted by atomic mass is 9.74. The van der Waals surface area contributed by atoms with Gasteiger partial charge in [0.05, 0.1) is 47.1 Å². The number of aromatic nitrogens is 6. The van der Waals surface area contributed by atoms with Crippen LogP contribution in [0.1, 0.15) is 102 Å². The smallest absolute Gasteiger partial charge is 0.228 e. The highest BCUT2D eigenvalue weighted by molar-refractivity contribution is 5.96. The van der Waals surface area contributed by atoms with Crippen LogP contribution in [0.2, 0.25) is 0 Å². The molecule has 10 rings (SSSR count). The van der Waals surface area contributed by atoms with Gasteiger partial charge in [-0.25, -0.2) is 18.9 Å². The number of anilines is 3. The zero-order valence-corrected chi connectivity index (χ0v) is 38.3. The number of amides is 3. The number of hydrogen-bond acceptors (Lipinski definition) is 12. The number of nitrogens with one attached hydrogen (secondary N) is 3. The number of nitriles is 1. The standard InChI is InChI=1S/C50H60FN13O3/c1-2-50(49(67)57-37-4-3-5-37)16-18-62(19-17-50)44-14-8-34(27-53-44)47-48-35(26-52)28-55-64(48)32-42(58-47)36-29-54-63(31-36)40-11-6-33(7-12-40)30-60-20-22-61(23-21-60)43-13-9-38(24-41(43)51)56-39-10-15-45(65)59-46(66)25-39/h8-9,13-14,24,27-29,31-33,37,39-40,56H,2-7,10-12,15-23,25,30H2,1H3,(H,57,67)(H,59,65,66)/t33-,39-,40-/m0/s1. The number of benzene rings is 1. The Hall–Kier alpha value is -6.41. The summed E-state index contributed by atoms with van der Waals surface area (Å²) in [4.78, 5) is 53.9. The van der Waals surface area contributed by atoms with E-state index in [4.69, 9.17) is 15.1 Å². The Kier molecular flexibility index (Phi) is 12.6. The van der Waals surface area contributed by atoms with E-state index in [1.54, 1.807) is 10.7 Å². The largest absolute Gasteiger partial charge is 0.382 e. The van der Waals surface area contributed by atoms with E-state index in [9.17, 15) is 19.6 Å². The van der Waals surface area contributed by atoms with Crippen molar-refractivity contribution in [1.29, 1.82) is 5.26 Å². The Labute approximate surface area is 390 Å². The summed E-state index contributed by atoms with van der Waals surface area (Å²) in [5.41, 5.74) is 4.97. The van der Waals surface area contributed by atoms with Gasteiger partial charge in [0.15, 0.2) is 0 Å². The van der Waals surface area contributed by atoms with Crippen LogP contribution in [0.3, 0.4) is 0 Å². The number of piperidine rings is 1. The second kappa shape index (κ2) is 19.1. The third kappa shape index (κ3) is 9.45. The molecule has 1 aromatic carbocycles. The molecular formula is C50H60FN13O3. The van der Waals surface area contributed by atoms with Crippen LogP contribution in [0.15, 0.2) is 61.3 Å². The van der Waals surface area contributed by atoms with Gasteiger partial charge in [0, 0.05) is 99.9 Å². The molecule has 5 aromatic rings. The van der Waals surface area contributed by atoms with Crippen molar-refractivity contribution in [3.05, 3.63) is 72.7 Å². The SMILES string of the molecule is CCC1(C(=O)NC2CCC2)CCN(c2ccc(-c3nc(-c4cnn([C@H]5CC[C@H](CN6CCN(c7ccc(N[C@H]8CCC(=O)NC(=O)C8)cc7F)CC6)CC5)c4)cn4ncc(C#N)c34)cn2)CC1. The monoisotopic (exact) mass is 909 g/mol. The minimum absolute atomic E-state index is 0.180. The Morgan fingerprint density at radius 1 is 0.881 bits per heavy atom. The van der Waals surface area contributed by atoms with Crippen LogP contribution >= 0.6 is 0 Å². The molecule has 3 N–H and O–H groups in total. The first-order valence-corrected chi connectivity index (χ1v) is 24.3. The quantitative estimate of drug-likeness (QED) is 0.116. The van der Waals surface area contributed by atoms with Gasteiger partial charge in [-0.15, -0.1) is 0 Å². The topological polar surface area (TPSA) is 182 Å². The zero-order chi connectivity index (χ0) is 46.1. The fraction of sp³-hybridized carbons (Fsp3) is 0.520. The van der Waals surface area contributed by atoms with Gasteiger partial charge in [0.2, 0.25) is 17.7 Å². The molecule has 7 heterocycles. The third-order valence-electron chi connectivity index (χ3n) is 15.3. The summed E-state index contributed by atoms with van der Waals surface area (Å²) in [6.45, 7) is 7.93. The molecule has 0 bridgehead atoms. The van der Waals surface area contributed by atoms with Gasteiger partial charge < -0.3 is 20.4 Å². The van der Waals surface area contributed by atoms with Gasteiger partial charge in [-0.3, -0.25) is 29.3 Å². The van der Waals surface area contributed by atoms with Crippen molar-refractivity contribution in [2.75, 3.05) is 60.9 Å². The van der Waals surface area contributed by atoms with E-state index in [1.165, 1.54) is 12.5 Å². The average molecular weight is 910 g/mol. The van der Waals surface area contributed by atoms with Crippen LogP contribution in [0.4, 0.5) is 21.6 Å². The summed E-state index contributed by atoms with van der Waals surface area (Å²) in [7, 11) is 0. The Morgan fingerprint density at radius 3 is 2.39 bits per heavy atom. The molecule has 0 radical (unpaired) electrons. The van der Waals surface area contributed by atoms with Gasteiger partial charge in [0.25, 0.3) is 0 Å². The number of rotatable bonds is 12. The average Bonchev–Trinajstić information content (AvgIpc) is 3.97. The molecule has 2 saturated carbocycles. The number of carbonyl (C=O) groups excluding carboxylic acids is 3. The predicted octanol–water partition coefficient (Wildman–Crippen LogP) is 6.49. The van der Waals surface area contributed by atoms with E-state index in [0.717, 1.165) is 121 Å². The molecule has 67 heavy (non-hydrogen) atoms. The van der Waals surface area contributed by atoms with E-state index in [2.05, 4.69) is 59.6 Å². The first-order chi connectivity index (χ1) is 32.6. The summed E-state index contributed by atoms with van der Waals surface area (Å²) >= 11 is 0. The van der Waals surface area contributed by atoms with E-state index in [0.29, 0.717) is 52.2 Å². The summed E-state index contributed by atoms with van der Waals surface area (Å²) in [6, 6.07) is 11.9. The van der Waals surface area contributed by atoms with Crippen LogP contribution in [0, 0.1) is 28.5 Å². The van der Waals surface area contributed by atoms with E-state index in [1.807, 2.05) is 42.9 Å². The lowest BCUT2D eigenvalue weighted by molar-refractivity contribution is -0.134. The van der Waals surface area contributed by atoms with Crippen LogP contribution in [-0.4, -0.2) is 110 Å². The Bertz CT molecular complexity index is 2650. The first-order valence-electron chi connectivity index (χ1n) is 24.3. The second-order valence-electron chi connectivity index (χ2n) is 19.5. The number of nitrogens with zero attached hydrogens (tertiary/aromatic N) is 10. The van der Waals surface area contributed by atoms with Crippen molar-refractivity contribution in [3.63, 3.8) is 0 Å². The maximum atomic E-state index is 15.4. The van der Waals surface area contributed by atoms with Crippen molar-refractivity contribution in [2.24, 2.45) is 11.3 Å². The summed E-state index contributed by atoms with van der Waals surface area (Å²) in [5, 5.41) is 28.3. The molecular weight excluding hydrogens is 850 g/mol. The normalized spacial score (nSPS) is 22.7. The third-order valence-corrected chi connectivity index (χ3v) is 15.3. The Morgan fingerprint density at radius 2 is 1.69 bits per heavy atom. The number of piperazine rings is 1. The number of imide groups is 1. The number of carbonyl (C=O) groups is 3. The minimum atomic E-state index is -0.326. The van der Waals surface area contributed by atoms with Crippen molar-refractivity contribution in [2.45, 2.75) is 109 Å². The predicted molar refractivity (Wildman–Crippen MR) is 253 cm³/mol. The number of halogens is 1. The number of pyridine rings is 1. The Balaban J connectivity index is 0.733. The molecule has 3 amide bonds. The fourth-order valence-electron chi connectivity index (χ4n) is 10.9. The summed E-state index contributed by atoms with van der Waals surface area (Å²) in [6.07, 6.45) is 20.2. The minimum Gasteiger partial charge on any atom is -0.382 e. The number of hydrogen-bond donors (Lipinski definition) is 3. The molecule has 4 aromatic heterocycles. The number of fused-ring (bicyclic) bond motifs is 1. The molecule has 5 aliphatic rings. The van der Waals surface area contributed by atoms with E-state index in [-0.39, 0.29) is 53.9 Å². The van der Waals surface area contributed by atoms with Crippen molar-refractivity contribution in [3.8, 4) is 28.6 Å². The molecule has 1 atom stereocenters. The van der Waals surface area contributed by atoms with Gasteiger partial charge in [-0.05, 0) is 107 Å². The molecule has 5 fully saturated rings. The lowest BCUT2D eigenvalue weighted by Crippen LogP contribution is -2.52. The van der Waals surface area contributed by atoms with Crippen molar-refractivity contribution < 1.29 is 18.8 Å². The molecule has 2 aliphatic carbocycles. The molecule has 0 unspecified atom stereocenters. The van der Waals surface area contributed by atoms with Crippen molar-refractivity contribution >= 4 is 40.4 Å². The van der Waals surface area contributed by atoms with Crippen LogP contribution in [0.5, 0.6) is 0 Å². The van der Waals surface area contributed by atoms with Crippen LogP contribution in [-0.2, 0) is 14.4 Å². The molecule has 350 valence electrons. The van der Waals surface area contributed by atoms with E-state index >= 15 is 4.39 Å². The highest BCUT2D eigenvalue weighted by atomic mass is 19.1. The highest BCUT2D eigenvalue weighted by Gasteiger charge is 2.41. The van der Waals surface area contributed by atoms with Crippen molar-refractivity contribution in [1.82, 2.24) is 44.9 Å². The molecule has 0 spiro atoms. The van der Waals surface area contributed by atoms with Gasteiger partial charge in [0.1, 0.15) is 28.8 Å². The van der Waals surface area contributed by atoms with Gasteiger partial charge in [-0.1, -0.05) is 6.92 Å². The molecule has 17 heteroatoms. The molecule has 3 saturated heterocycles.